The number of rotatable bonds is 3. The van der Waals surface area contributed by atoms with Crippen LogP contribution >= 0.6 is 0 Å². The largest absolute Gasteiger partial charge is 0.400 e. The zero-order chi connectivity index (χ0) is 10.1. The maximum Gasteiger partial charge on any atom is 0.0319 e. The van der Waals surface area contributed by atoms with Gasteiger partial charge in [0.15, 0.2) is 0 Å². The van der Waals surface area contributed by atoms with E-state index in [1.165, 1.54) is 5.56 Å². The summed E-state index contributed by atoms with van der Waals surface area (Å²) in [5.74, 6) is 0. The fourth-order valence-corrected chi connectivity index (χ4v) is 1.06. The molecule has 0 saturated carbocycles. The molecular weight excluding hydrogens is 162 g/mol. The van der Waals surface area contributed by atoms with Crippen LogP contribution in [0.1, 0.15) is 18.9 Å². The third-order valence-electron chi connectivity index (χ3n) is 1.87. The minimum Gasteiger partial charge on any atom is -0.400 e. The van der Waals surface area contributed by atoms with Crippen molar-refractivity contribution in [2.24, 2.45) is 5.73 Å². The number of aliphatic hydroxyl groups excluding tert-OH is 1. The minimum atomic E-state index is 0.317. The van der Waals surface area contributed by atoms with Crippen molar-refractivity contribution in [2.75, 3.05) is 7.11 Å². The van der Waals surface area contributed by atoms with Gasteiger partial charge in [-0.1, -0.05) is 37.3 Å². The third kappa shape index (κ3) is 5.39. The van der Waals surface area contributed by atoms with Gasteiger partial charge in [0, 0.05) is 13.2 Å². The van der Waals surface area contributed by atoms with E-state index < -0.39 is 0 Å². The van der Waals surface area contributed by atoms with Crippen molar-refractivity contribution in [3.05, 3.63) is 35.9 Å². The molecular formula is C11H19NO. The number of aliphatic hydroxyl groups is 1. The fraction of sp³-hybridized carbons (Fsp3) is 0.455. The van der Waals surface area contributed by atoms with Crippen LogP contribution < -0.4 is 5.73 Å². The van der Waals surface area contributed by atoms with E-state index in [9.17, 15) is 0 Å². The maximum atomic E-state index is 7.00. The van der Waals surface area contributed by atoms with Crippen LogP contribution in [0.5, 0.6) is 0 Å². The molecule has 1 atom stereocenters. The van der Waals surface area contributed by atoms with Gasteiger partial charge in [-0.3, -0.25) is 0 Å². The van der Waals surface area contributed by atoms with E-state index in [-0.39, 0.29) is 0 Å². The molecule has 0 aromatic heterocycles. The van der Waals surface area contributed by atoms with Crippen molar-refractivity contribution >= 4 is 0 Å². The average molecular weight is 181 g/mol. The van der Waals surface area contributed by atoms with Crippen molar-refractivity contribution in [2.45, 2.75) is 25.8 Å². The number of hydrogen-bond acceptors (Lipinski definition) is 2. The number of benzene rings is 1. The second-order valence-electron chi connectivity index (χ2n) is 2.86. The van der Waals surface area contributed by atoms with Gasteiger partial charge in [0.1, 0.15) is 0 Å². The highest BCUT2D eigenvalue weighted by Crippen LogP contribution is 2.02. The van der Waals surface area contributed by atoms with E-state index in [1.807, 2.05) is 6.07 Å². The van der Waals surface area contributed by atoms with Gasteiger partial charge in [-0.2, -0.15) is 0 Å². The predicted molar refractivity (Wildman–Crippen MR) is 56.6 cm³/mol. The Hall–Kier alpha value is -0.860. The lowest BCUT2D eigenvalue weighted by atomic mass is 10.1. The van der Waals surface area contributed by atoms with Crippen LogP contribution in [0.3, 0.4) is 0 Å². The Morgan fingerprint density at radius 2 is 1.77 bits per heavy atom. The van der Waals surface area contributed by atoms with Gasteiger partial charge in [-0.15, -0.1) is 0 Å². The molecule has 0 spiro atoms. The molecule has 0 heterocycles. The molecule has 1 rings (SSSR count). The fourth-order valence-electron chi connectivity index (χ4n) is 1.06. The predicted octanol–water partition coefficient (Wildman–Crippen LogP) is 1.57. The maximum absolute atomic E-state index is 7.00. The van der Waals surface area contributed by atoms with E-state index in [2.05, 4.69) is 31.2 Å². The lowest BCUT2D eigenvalue weighted by Crippen LogP contribution is -2.21. The molecule has 1 aromatic carbocycles. The van der Waals surface area contributed by atoms with Gasteiger partial charge in [0.25, 0.3) is 0 Å². The first kappa shape index (κ1) is 12.1. The van der Waals surface area contributed by atoms with Crippen LogP contribution in [0.2, 0.25) is 0 Å². The van der Waals surface area contributed by atoms with E-state index >= 15 is 0 Å². The second-order valence-corrected chi connectivity index (χ2v) is 2.86. The molecule has 0 bridgehead atoms. The van der Waals surface area contributed by atoms with E-state index in [1.54, 1.807) is 0 Å². The standard InChI is InChI=1S/C10H15N.CH4O/c1-2-10(11)8-9-6-4-3-5-7-9;1-2/h3-7,10H,2,8,11H2,1H3;2H,1H3/t10-;/m1./s1. The molecule has 0 fully saturated rings. The molecule has 2 heteroatoms. The van der Waals surface area contributed by atoms with Crippen LogP contribution in [0.15, 0.2) is 30.3 Å². The summed E-state index contributed by atoms with van der Waals surface area (Å²) in [6, 6.07) is 10.7. The van der Waals surface area contributed by atoms with E-state index in [0.29, 0.717) is 6.04 Å². The van der Waals surface area contributed by atoms with Gasteiger partial charge < -0.3 is 10.8 Å². The van der Waals surface area contributed by atoms with Gasteiger partial charge in [0.2, 0.25) is 0 Å². The molecule has 3 N–H and O–H groups in total. The average Bonchev–Trinajstić information content (AvgIpc) is 2.22. The van der Waals surface area contributed by atoms with Crippen molar-refractivity contribution in [3.63, 3.8) is 0 Å². The summed E-state index contributed by atoms with van der Waals surface area (Å²) in [6.45, 7) is 2.12. The Morgan fingerprint density at radius 1 is 1.23 bits per heavy atom. The van der Waals surface area contributed by atoms with Crippen molar-refractivity contribution in [1.29, 1.82) is 0 Å². The molecule has 0 radical (unpaired) electrons. The summed E-state index contributed by atoms with van der Waals surface area (Å²) < 4.78 is 0. The smallest absolute Gasteiger partial charge is 0.0319 e. The number of nitrogens with two attached hydrogens (primary N) is 1. The van der Waals surface area contributed by atoms with Gasteiger partial charge in [-0.25, -0.2) is 0 Å². The molecule has 0 aliphatic rings. The molecule has 2 nitrogen and oxygen atoms in total. The zero-order valence-corrected chi connectivity index (χ0v) is 8.40. The minimum absolute atomic E-state index is 0.317. The Labute approximate surface area is 80.4 Å². The van der Waals surface area contributed by atoms with Crippen molar-refractivity contribution in [1.82, 2.24) is 0 Å². The second kappa shape index (κ2) is 7.77. The summed E-state index contributed by atoms with van der Waals surface area (Å²) in [7, 11) is 1.00. The van der Waals surface area contributed by atoms with Crippen molar-refractivity contribution in [3.8, 4) is 0 Å². The first-order valence-electron chi connectivity index (χ1n) is 4.57. The molecule has 0 aliphatic heterocycles. The molecule has 1 aromatic rings. The highest BCUT2D eigenvalue weighted by atomic mass is 16.2. The molecule has 0 unspecified atom stereocenters. The van der Waals surface area contributed by atoms with Gasteiger partial charge >= 0.3 is 0 Å². The third-order valence-corrected chi connectivity index (χ3v) is 1.87. The highest BCUT2D eigenvalue weighted by molar-refractivity contribution is 5.15. The van der Waals surface area contributed by atoms with E-state index in [0.717, 1.165) is 20.0 Å². The Bertz CT molecular complexity index is 199. The molecule has 74 valence electrons. The van der Waals surface area contributed by atoms with Crippen LogP contribution in [-0.4, -0.2) is 18.3 Å². The number of hydrogen-bond donors (Lipinski definition) is 2. The molecule has 13 heavy (non-hydrogen) atoms. The summed E-state index contributed by atoms with van der Waals surface area (Å²) in [5.41, 5.74) is 7.14. The Morgan fingerprint density at radius 3 is 2.23 bits per heavy atom. The molecule has 0 aliphatic carbocycles. The van der Waals surface area contributed by atoms with Crippen LogP contribution in [0.25, 0.3) is 0 Å². The Balaban J connectivity index is 0.000000671. The quantitative estimate of drug-likeness (QED) is 0.743. The monoisotopic (exact) mass is 181 g/mol. The van der Waals surface area contributed by atoms with Gasteiger partial charge in [0.05, 0.1) is 0 Å². The Kier molecular flexibility index (Phi) is 7.26. The summed E-state index contributed by atoms with van der Waals surface area (Å²) in [4.78, 5) is 0. The van der Waals surface area contributed by atoms with Crippen molar-refractivity contribution < 1.29 is 5.11 Å². The first-order chi connectivity index (χ1) is 6.33. The zero-order valence-electron chi connectivity index (χ0n) is 8.40. The summed E-state index contributed by atoms with van der Waals surface area (Å²) >= 11 is 0. The normalized spacial score (nSPS) is 11.4. The van der Waals surface area contributed by atoms with Gasteiger partial charge in [-0.05, 0) is 18.4 Å². The molecule has 0 amide bonds. The van der Waals surface area contributed by atoms with Crippen LogP contribution in [0, 0.1) is 0 Å². The van der Waals surface area contributed by atoms with Crippen LogP contribution in [-0.2, 0) is 6.42 Å². The lowest BCUT2D eigenvalue weighted by Gasteiger charge is -2.07. The summed E-state index contributed by atoms with van der Waals surface area (Å²) in [5, 5.41) is 7.00. The topological polar surface area (TPSA) is 46.2 Å². The highest BCUT2D eigenvalue weighted by Gasteiger charge is 1.98. The first-order valence-corrected chi connectivity index (χ1v) is 4.57. The van der Waals surface area contributed by atoms with Crippen LogP contribution in [0.4, 0.5) is 0 Å². The SMILES string of the molecule is CC[C@@H](N)Cc1ccccc1.CO. The molecule has 0 saturated heterocycles. The summed E-state index contributed by atoms with van der Waals surface area (Å²) in [6.07, 6.45) is 2.05. The lowest BCUT2D eigenvalue weighted by molar-refractivity contribution is 0.399. The van der Waals surface area contributed by atoms with E-state index in [4.69, 9.17) is 10.8 Å².